The number of benzene rings is 3. The van der Waals surface area contributed by atoms with Gasteiger partial charge in [0.05, 0.1) is 17.2 Å². The summed E-state index contributed by atoms with van der Waals surface area (Å²) in [4.78, 5) is 16.7. The molecule has 0 radical (unpaired) electrons. The quantitative estimate of drug-likeness (QED) is 0.151. The molecule has 0 bridgehead atoms. The number of cyclic esters (lactones) is 1. The molecule has 3 aromatic carbocycles. The van der Waals surface area contributed by atoms with E-state index in [2.05, 4.69) is 66.1 Å². The number of ether oxygens (including phenoxy) is 2. The lowest BCUT2D eigenvalue weighted by Crippen LogP contribution is -2.05. The molecule has 0 aliphatic carbocycles. The molecule has 0 aromatic heterocycles. The summed E-state index contributed by atoms with van der Waals surface area (Å²) in [5.41, 5.74) is 2.67. The van der Waals surface area contributed by atoms with Crippen LogP contribution in [0.5, 0.6) is 5.75 Å². The van der Waals surface area contributed by atoms with Gasteiger partial charge in [0, 0.05) is 10.0 Å². The van der Waals surface area contributed by atoms with E-state index < -0.39 is 5.97 Å². The number of hydrogen-bond donors (Lipinski definition) is 0. The van der Waals surface area contributed by atoms with Crippen molar-refractivity contribution in [1.82, 2.24) is 0 Å². The van der Waals surface area contributed by atoms with Crippen LogP contribution in [0.2, 0.25) is 10.0 Å². The summed E-state index contributed by atoms with van der Waals surface area (Å²) < 4.78 is 14.2. The fourth-order valence-electron chi connectivity index (χ4n) is 2.90. The topological polar surface area (TPSA) is 47.9 Å². The first kappa shape index (κ1) is 24.0. The third kappa shape index (κ3) is 5.67. The molecule has 3 aromatic rings. The maximum atomic E-state index is 12.3. The van der Waals surface area contributed by atoms with Crippen LogP contribution in [0.25, 0.3) is 6.08 Å². The molecule has 0 amide bonds. The summed E-state index contributed by atoms with van der Waals surface area (Å²) in [6, 6.07) is 16.8. The summed E-state index contributed by atoms with van der Waals surface area (Å²) in [5, 5.41) is 0.783. The second-order valence-corrected chi connectivity index (χ2v) is 10.8. The van der Waals surface area contributed by atoms with E-state index in [9.17, 15) is 4.79 Å². The Bertz CT molecular complexity index is 1270. The maximum absolute atomic E-state index is 12.3. The summed E-state index contributed by atoms with van der Waals surface area (Å²) in [6.45, 7) is 0.454. The Morgan fingerprint density at radius 2 is 1.78 bits per heavy atom. The van der Waals surface area contributed by atoms with E-state index >= 15 is 0 Å². The Balaban J connectivity index is 1.56. The Kier molecular flexibility index (Phi) is 7.81. The lowest BCUT2D eigenvalue weighted by Gasteiger charge is -2.12. The molecule has 1 aliphatic rings. The van der Waals surface area contributed by atoms with Gasteiger partial charge in [-0.05, 0) is 105 Å². The van der Waals surface area contributed by atoms with Crippen LogP contribution in [0.15, 0.2) is 69.8 Å². The molecule has 32 heavy (non-hydrogen) atoms. The molecule has 0 N–H and O–H groups in total. The van der Waals surface area contributed by atoms with Gasteiger partial charge in [0.2, 0.25) is 5.90 Å². The molecule has 0 fully saturated rings. The van der Waals surface area contributed by atoms with Crippen molar-refractivity contribution in [1.29, 1.82) is 0 Å². The van der Waals surface area contributed by atoms with Crippen molar-refractivity contribution in [2.45, 2.75) is 6.61 Å². The lowest BCUT2D eigenvalue weighted by molar-refractivity contribution is -0.129. The van der Waals surface area contributed by atoms with E-state index in [1.54, 1.807) is 24.3 Å². The average Bonchev–Trinajstić information content (AvgIpc) is 3.10. The molecular weight excluding hydrogens is 743 g/mol. The highest BCUT2D eigenvalue weighted by molar-refractivity contribution is 14.1. The Labute approximate surface area is 230 Å². The summed E-state index contributed by atoms with van der Waals surface area (Å²) >= 11 is 19.9. The number of hydrogen-bond acceptors (Lipinski definition) is 4. The van der Waals surface area contributed by atoms with Crippen LogP contribution in [0, 0.1) is 7.14 Å². The van der Waals surface area contributed by atoms with Gasteiger partial charge >= 0.3 is 5.97 Å². The Morgan fingerprint density at radius 3 is 2.47 bits per heavy atom. The molecule has 4 nitrogen and oxygen atoms in total. The molecule has 0 spiro atoms. The summed E-state index contributed by atoms with van der Waals surface area (Å²) in [5.74, 6) is 0.464. The van der Waals surface area contributed by atoms with E-state index in [-0.39, 0.29) is 11.6 Å². The zero-order valence-corrected chi connectivity index (χ0v) is 23.5. The first-order chi connectivity index (χ1) is 15.3. The minimum atomic E-state index is -0.522. The van der Waals surface area contributed by atoms with E-state index in [1.807, 2.05) is 36.4 Å². The fraction of sp³-hybridized carbons (Fsp3) is 0.0435. The van der Waals surface area contributed by atoms with Crippen molar-refractivity contribution in [3.63, 3.8) is 0 Å². The fourth-order valence-corrected chi connectivity index (χ4v) is 5.78. The van der Waals surface area contributed by atoms with Gasteiger partial charge in [-0.15, -0.1) is 0 Å². The van der Waals surface area contributed by atoms with E-state index in [0.29, 0.717) is 22.2 Å². The van der Waals surface area contributed by atoms with Gasteiger partial charge in [-0.2, -0.15) is 0 Å². The second kappa shape index (κ2) is 10.4. The van der Waals surface area contributed by atoms with Crippen molar-refractivity contribution in [2.24, 2.45) is 4.99 Å². The van der Waals surface area contributed by atoms with Gasteiger partial charge < -0.3 is 9.47 Å². The van der Waals surface area contributed by atoms with Crippen LogP contribution in [0.4, 0.5) is 0 Å². The Hall–Kier alpha value is -1.14. The number of esters is 1. The van der Waals surface area contributed by atoms with Crippen molar-refractivity contribution in [3.05, 3.63) is 98.6 Å². The maximum Gasteiger partial charge on any atom is 0.363 e. The number of carbonyl (C=O) groups excluding carboxylic acids is 1. The molecule has 162 valence electrons. The first-order valence-corrected chi connectivity index (χ1v) is 12.8. The van der Waals surface area contributed by atoms with Crippen molar-refractivity contribution in [3.8, 4) is 5.75 Å². The van der Waals surface area contributed by atoms with Crippen molar-refractivity contribution in [2.75, 3.05) is 0 Å². The number of aliphatic imine (C=N–C) groups is 1. The SMILES string of the molecule is O=C1OC(c2ccc(Cl)c(Cl)c2)=N/C1=C\c1cc(I)c(OCc2cccc(Br)c2)c(I)c1. The smallest absolute Gasteiger partial charge is 0.363 e. The third-order valence-electron chi connectivity index (χ3n) is 4.38. The predicted octanol–water partition coefficient (Wildman–Crippen LogP) is 7.89. The number of halogens is 5. The average molecular weight is 755 g/mol. The molecule has 0 atom stereocenters. The van der Waals surface area contributed by atoms with Crippen LogP contribution in [-0.4, -0.2) is 11.9 Å². The van der Waals surface area contributed by atoms with Gasteiger partial charge in [-0.3, -0.25) is 0 Å². The molecule has 0 unspecified atom stereocenters. The summed E-state index contributed by atoms with van der Waals surface area (Å²) in [6.07, 6.45) is 1.69. The van der Waals surface area contributed by atoms with Crippen LogP contribution in [-0.2, 0) is 16.1 Å². The highest BCUT2D eigenvalue weighted by Crippen LogP contribution is 2.32. The van der Waals surface area contributed by atoms with Crippen LogP contribution < -0.4 is 4.74 Å². The molecule has 1 heterocycles. The molecule has 0 saturated heterocycles. The molecule has 4 rings (SSSR count). The number of carbonyl (C=O) groups is 1. The van der Waals surface area contributed by atoms with Gasteiger partial charge in [0.1, 0.15) is 12.4 Å². The second-order valence-electron chi connectivity index (χ2n) is 6.70. The number of nitrogens with zero attached hydrogens (tertiary/aromatic N) is 1. The first-order valence-electron chi connectivity index (χ1n) is 9.14. The highest BCUT2D eigenvalue weighted by Gasteiger charge is 2.25. The van der Waals surface area contributed by atoms with E-state index in [4.69, 9.17) is 32.7 Å². The van der Waals surface area contributed by atoms with Gasteiger partial charge in [0.15, 0.2) is 5.70 Å². The lowest BCUT2D eigenvalue weighted by atomic mass is 10.2. The molecule has 9 heteroatoms. The Morgan fingerprint density at radius 1 is 1.03 bits per heavy atom. The molecular formula is C23H12BrCl2I2NO3. The normalized spacial score (nSPS) is 14.5. The van der Waals surface area contributed by atoms with Gasteiger partial charge in [0.25, 0.3) is 0 Å². The minimum absolute atomic E-state index is 0.193. The highest BCUT2D eigenvalue weighted by atomic mass is 127. The standard InChI is InChI=1S/C23H12BrCl2I2NO3/c24-15-3-1-2-12(6-15)11-31-21-18(27)7-13(8-19(21)28)9-20-23(30)32-22(29-20)14-4-5-16(25)17(26)10-14/h1-10H,11H2/b20-9-. The summed E-state index contributed by atoms with van der Waals surface area (Å²) in [7, 11) is 0. The van der Waals surface area contributed by atoms with E-state index in [1.165, 1.54) is 0 Å². The predicted molar refractivity (Wildman–Crippen MR) is 147 cm³/mol. The third-order valence-corrected chi connectivity index (χ3v) is 7.22. The number of rotatable bonds is 5. The zero-order chi connectivity index (χ0) is 22.8. The zero-order valence-electron chi connectivity index (χ0n) is 16.0. The van der Waals surface area contributed by atoms with Crippen LogP contribution in [0.1, 0.15) is 16.7 Å². The van der Waals surface area contributed by atoms with Crippen LogP contribution >= 0.6 is 84.3 Å². The molecule has 0 saturated carbocycles. The van der Waals surface area contributed by atoms with Crippen molar-refractivity contribution >= 4 is 102 Å². The largest absolute Gasteiger partial charge is 0.487 e. The van der Waals surface area contributed by atoms with E-state index in [0.717, 1.165) is 28.5 Å². The van der Waals surface area contributed by atoms with Gasteiger partial charge in [-0.25, -0.2) is 9.79 Å². The van der Waals surface area contributed by atoms with Crippen LogP contribution in [0.3, 0.4) is 0 Å². The minimum Gasteiger partial charge on any atom is -0.487 e. The molecule has 1 aliphatic heterocycles. The van der Waals surface area contributed by atoms with Crippen molar-refractivity contribution < 1.29 is 14.3 Å². The van der Waals surface area contributed by atoms with Gasteiger partial charge in [-0.1, -0.05) is 51.3 Å². The monoisotopic (exact) mass is 753 g/mol.